The molecule has 0 unspecified atom stereocenters. The maximum Gasteiger partial charge on any atom is 0.305 e. The van der Waals surface area contributed by atoms with E-state index in [-0.39, 0.29) is 17.6 Å². The molecule has 1 fully saturated rings. The van der Waals surface area contributed by atoms with Gasteiger partial charge in [0.05, 0.1) is 18.6 Å². The highest BCUT2D eigenvalue weighted by atomic mass is 32.2. The SMILES string of the molecule is CCOc1cc(C=C2SC(=S)N(CCCCCC(=O)OC)C2=O)ccc1O. The fraction of sp³-hybridized carbons (Fsp3) is 0.421. The predicted octanol–water partition coefficient (Wildman–Crippen LogP) is 3.73. The lowest BCUT2D eigenvalue weighted by Crippen LogP contribution is -2.29. The molecule has 1 aromatic rings. The summed E-state index contributed by atoms with van der Waals surface area (Å²) in [6.07, 6.45) is 4.45. The summed E-state index contributed by atoms with van der Waals surface area (Å²) < 4.78 is 10.5. The van der Waals surface area contributed by atoms with E-state index < -0.39 is 0 Å². The first kappa shape index (κ1) is 21.2. The van der Waals surface area contributed by atoms with Crippen molar-refractivity contribution in [3.8, 4) is 11.5 Å². The second-order valence-electron chi connectivity index (χ2n) is 5.88. The Morgan fingerprint density at radius 3 is 2.81 bits per heavy atom. The molecule has 1 heterocycles. The number of phenols is 1. The van der Waals surface area contributed by atoms with Crippen molar-refractivity contribution in [3.05, 3.63) is 28.7 Å². The van der Waals surface area contributed by atoms with Gasteiger partial charge >= 0.3 is 5.97 Å². The zero-order chi connectivity index (χ0) is 19.8. The van der Waals surface area contributed by atoms with E-state index in [1.807, 2.05) is 6.92 Å². The van der Waals surface area contributed by atoms with E-state index in [9.17, 15) is 14.7 Å². The van der Waals surface area contributed by atoms with Crippen molar-refractivity contribution in [3.63, 3.8) is 0 Å². The van der Waals surface area contributed by atoms with E-state index in [0.717, 1.165) is 24.8 Å². The number of thioether (sulfide) groups is 1. The normalized spacial score (nSPS) is 15.5. The highest BCUT2D eigenvalue weighted by molar-refractivity contribution is 8.26. The molecule has 146 valence electrons. The number of amides is 1. The van der Waals surface area contributed by atoms with Gasteiger partial charge in [0.1, 0.15) is 4.32 Å². The molecule has 1 N–H and O–H groups in total. The first-order chi connectivity index (χ1) is 13.0. The molecule has 1 aromatic carbocycles. The zero-order valence-electron chi connectivity index (χ0n) is 15.4. The van der Waals surface area contributed by atoms with E-state index in [0.29, 0.717) is 34.5 Å². The van der Waals surface area contributed by atoms with Crippen LogP contribution in [-0.4, -0.2) is 46.5 Å². The molecule has 0 saturated carbocycles. The quantitative estimate of drug-likeness (QED) is 0.288. The summed E-state index contributed by atoms with van der Waals surface area (Å²) in [6.45, 7) is 2.81. The van der Waals surface area contributed by atoms with Crippen LogP contribution < -0.4 is 4.74 Å². The number of carbonyl (C=O) groups excluding carboxylic acids is 2. The maximum atomic E-state index is 12.6. The summed E-state index contributed by atoms with van der Waals surface area (Å²) in [5.74, 6) is 0.105. The van der Waals surface area contributed by atoms with Gasteiger partial charge < -0.3 is 14.6 Å². The Labute approximate surface area is 168 Å². The van der Waals surface area contributed by atoms with Crippen LogP contribution >= 0.6 is 24.0 Å². The van der Waals surface area contributed by atoms with Crippen molar-refractivity contribution in [2.45, 2.75) is 32.6 Å². The number of rotatable bonds is 9. The highest BCUT2D eigenvalue weighted by Crippen LogP contribution is 2.34. The molecule has 1 amide bonds. The van der Waals surface area contributed by atoms with Crippen LogP contribution in [0.5, 0.6) is 11.5 Å². The van der Waals surface area contributed by atoms with Crippen molar-refractivity contribution in [1.29, 1.82) is 0 Å². The number of phenolic OH excluding ortho intramolecular Hbond substituents is 1. The second kappa shape index (κ2) is 10.3. The summed E-state index contributed by atoms with van der Waals surface area (Å²) >= 11 is 6.59. The number of benzene rings is 1. The smallest absolute Gasteiger partial charge is 0.305 e. The molecule has 0 aliphatic carbocycles. The lowest BCUT2D eigenvalue weighted by atomic mass is 10.1. The van der Waals surface area contributed by atoms with Gasteiger partial charge in [0.15, 0.2) is 11.5 Å². The van der Waals surface area contributed by atoms with E-state index in [1.54, 1.807) is 29.2 Å². The molecule has 8 heteroatoms. The molecule has 1 aliphatic rings. The molecule has 0 radical (unpaired) electrons. The zero-order valence-corrected chi connectivity index (χ0v) is 17.0. The van der Waals surface area contributed by atoms with Gasteiger partial charge in [-0.1, -0.05) is 36.5 Å². The number of esters is 1. The molecular formula is C19H23NO5S2. The fourth-order valence-electron chi connectivity index (χ4n) is 2.55. The van der Waals surface area contributed by atoms with E-state index in [4.69, 9.17) is 17.0 Å². The summed E-state index contributed by atoms with van der Waals surface area (Å²) in [5.41, 5.74) is 0.759. The van der Waals surface area contributed by atoms with Gasteiger partial charge in [-0.2, -0.15) is 0 Å². The van der Waals surface area contributed by atoms with Crippen LogP contribution in [0, 0.1) is 0 Å². The monoisotopic (exact) mass is 409 g/mol. The van der Waals surface area contributed by atoms with E-state index in [1.165, 1.54) is 18.9 Å². The van der Waals surface area contributed by atoms with E-state index in [2.05, 4.69) is 4.74 Å². The minimum atomic E-state index is -0.219. The molecule has 0 spiro atoms. The Balaban J connectivity index is 1.95. The fourth-order valence-corrected chi connectivity index (χ4v) is 3.86. The van der Waals surface area contributed by atoms with Gasteiger partial charge in [-0.15, -0.1) is 0 Å². The average Bonchev–Trinajstić information content (AvgIpc) is 2.91. The number of hydrogen-bond acceptors (Lipinski definition) is 7. The van der Waals surface area contributed by atoms with Crippen LogP contribution in [0.4, 0.5) is 0 Å². The topological polar surface area (TPSA) is 76.1 Å². The lowest BCUT2D eigenvalue weighted by Gasteiger charge is -2.13. The first-order valence-corrected chi connectivity index (χ1v) is 9.96. The molecule has 1 saturated heterocycles. The van der Waals surface area contributed by atoms with Crippen molar-refractivity contribution >= 4 is 46.3 Å². The number of unbranched alkanes of at least 4 members (excludes halogenated alkanes) is 2. The third kappa shape index (κ3) is 5.97. The lowest BCUT2D eigenvalue weighted by molar-refractivity contribution is -0.140. The first-order valence-electron chi connectivity index (χ1n) is 8.74. The van der Waals surface area contributed by atoms with Crippen LogP contribution in [0.1, 0.15) is 38.2 Å². The van der Waals surface area contributed by atoms with Gasteiger partial charge in [0.25, 0.3) is 5.91 Å². The van der Waals surface area contributed by atoms with Gasteiger partial charge in [-0.25, -0.2) is 0 Å². The number of methoxy groups -OCH3 is 1. The van der Waals surface area contributed by atoms with Crippen LogP contribution in [0.25, 0.3) is 6.08 Å². The van der Waals surface area contributed by atoms with Crippen molar-refractivity contribution in [1.82, 2.24) is 4.90 Å². The Morgan fingerprint density at radius 2 is 2.11 bits per heavy atom. The number of hydrogen-bond donors (Lipinski definition) is 1. The molecule has 1 aliphatic heterocycles. The van der Waals surface area contributed by atoms with Crippen LogP contribution in [0.2, 0.25) is 0 Å². The summed E-state index contributed by atoms with van der Waals surface area (Å²) in [4.78, 5) is 25.8. The summed E-state index contributed by atoms with van der Waals surface area (Å²) in [6, 6.07) is 4.95. The molecular weight excluding hydrogens is 386 g/mol. The summed E-state index contributed by atoms with van der Waals surface area (Å²) in [7, 11) is 1.38. The van der Waals surface area contributed by atoms with Gasteiger partial charge in [0.2, 0.25) is 0 Å². The minimum Gasteiger partial charge on any atom is -0.504 e. The number of thiocarbonyl (C=S) groups is 1. The minimum absolute atomic E-state index is 0.0634. The Hall–Kier alpha value is -2.06. The van der Waals surface area contributed by atoms with Crippen molar-refractivity contribution < 1.29 is 24.2 Å². The maximum absolute atomic E-state index is 12.6. The Bertz CT molecular complexity index is 748. The third-order valence-corrected chi connectivity index (χ3v) is 5.32. The number of aromatic hydroxyl groups is 1. The second-order valence-corrected chi connectivity index (χ2v) is 7.56. The van der Waals surface area contributed by atoms with Gasteiger partial charge in [-0.3, -0.25) is 14.5 Å². The van der Waals surface area contributed by atoms with Gasteiger partial charge in [-0.05, 0) is 43.5 Å². The number of ether oxygens (including phenoxy) is 2. The third-order valence-electron chi connectivity index (χ3n) is 3.95. The molecule has 27 heavy (non-hydrogen) atoms. The molecule has 2 rings (SSSR count). The highest BCUT2D eigenvalue weighted by Gasteiger charge is 2.31. The van der Waals surface area contributed by atoms with Gasteiger partial charge in [0, 0.05) is 13.0 Å². The summed E-state index contributed by atoms with van der Waals surface area (Å²) in [5, 5.41) is 9.78. The molecule has 0 aromatic heterocycles. The number of carbonyl (C=O) groups is 2. The predicted molar refractivity (Wildman–Crippen MR) is 110 cm³/mol. The van der Waals surface area contributed by atoms with Crippen LogP contribution in [0.15, 0.2) is 23.1 Å². The Morgan fingerprint density at radius 1 is 1.33 bits per heavy atom. The Kier molecular flexibility index (Phi) is 8.12. The molecule has 6 nitrogen and oxygen atoms in total. The van der Waals surface area contributed by atoms with Crippen LogP contribution in [-0.2, 0) is 14.3 Å². The molecule has 0 atom stereocenters. The van der Waals surface area contributed by atoms with Crippen LogP contribution in [0.3, 0.4) is 0 Å². The van der Waals surface area contributed by atoms with Crippen molar-refractivity contribution in [2.24, 2.45) is 0 Å². The molecule has 0 bridgehead atoms. The number of nitrogens with zero attached hydrogens (tertiary/aromatic N) is 1. The van der Waals surface area contributed by atoms with E-state index >= 15 is 0 Å². The standard InChI is InChI=1S/C19H23NO5S2/c1-3-25-15-11-13(8-9-14(15)21)12-16-18(23)20(19(26)27-16)10-6-4-5-7-17(22)24-2/h8-9,11-12,21H,3-7,10H2,1-2H3. The largest absolute Gasteiger partial charge is 0.504 e. The van der Waals surface area contributed by atoms with Crippen molar-refractivity contribution in [2.75, 3.05) is 20.3 Å². The average molecular weight is 410 g/mol.